The molecule has 2 heterocycles. The maximum atomic E-state index is 6.08. The summed E-state index contributed by atoms with van der Waals surface area (Å²) in [6, 6.07) is 9.73. The lowest BCUT2D eigenvalue weighted by Gasteiger charge is -2.24. The van der Waals surface area contributed by atoms with Crippen LogP contribution in [0.5, 0.6) is 5.75 Å². The van der Waals surface area contributed by atoms with Crippen LogP contribution in [0.1, 0.15) is 12.8 Å². The quantitative estimate of drug-likeness (QED) is 0.886. The van der Waals surface area contributed by atoms with Gasteiger partial charge < -0.3 is 15.2 Å². The Bertz CT molecular complexity index is 547. The highest BCUT2D eigenvalue weighted by Crippen LogP contribution is 2.31. The molecule has 3 rings (SSSR count). The number of benzene rings is 1. The van der Waals surface area contributed by atoms with Crippen molar-refractivity contribution in [1.82, 2.24) is 10.2 Å². The molecule has 0 atom stereocenters. The number of nitrogen functional groups attached to an aromatic ring is 1. The van der Waals surface area contributed by atoms with Crippen molar-refractivity contribution >= 4 is 5.82 Å². The van der Waals surface area contributed by atoms with Crippen molar-refractivity contribution in [3.05, 3.63) is 30.3 Å². The molecule has 1 aliphatic heterocycles. The fourth-order valence-electron chi connectivity index (χ4n) is 2.24. The predicted octanol–water partition coefficient (Wildman–Crippen LogP) is 2.22. The fraction of sp³-hybridized carbons (Fsp3) is 0.357. The van der Waals surface area contributed by atoms with Crippen molar-refractivity contribution in [2.24, 2.45) is 0 Å². The van der Waals surface area contributed by atoms with Crippen molar-refractivity contribution in [2.75, 3.05) is 18.9 Å². The molecule has 5 heteroatoms. The Morgan fingerprint density at radius 1 is 1.26 bits per heavy atom. The monoisotopic (exact) mass is 259 g/mol. The zero-order valence-corrected chi connectivity index (χ0v) is 10.6. The second-order valence-electron chi connectivity index (χ2n) is 4.63. The number of nitrogens with zero attached hydrogens (tertiary/aromatic N) is 1. The van der Waals surface area contributed by atoms with E-state index in [9.17, 15) is 0 Å². The number of H-pyrrole nitrogens is 1. The van der Waals surface area contributed by atoms with Crippen molar-refractivity contribution in [2.45, 2.75) is 18.9 Å². The summed E-state index contributed by atoms with van der Waals surface area (Å²) in [5.74, 6) is 1.34. The largest absolute Gasteiger partial charge is 0.490 e. The van der Waals surface area contributed by atoms with Gasteiger partial charge in [0, 0.05) is 24.5 Å². The molecule has 0 amide bonds. The van der Waals surface area contributed by atoms with Crippen LogP contribution >= 0.6 is 0 Å². The van der Waals surface area contributed by atoms with Crippen LogP contribution < -0.4 is 10.5 Å². The molecule has 100 valence electrons. The average molecular weight is 259 g/mol. The maximum absolute atomic E-state index is 6.08. The minimum absolute atomic E-state index is 0.218. The lowest BCUT2D eigenvalue weighted by molar-refractivity contribution is 0.0258. The van der Waals surface area contributed by atoms with Gasteiger partial charge in [-0.15, -0.1) is 0 Å². The van der Waals surface area contributed by atoms with E-state index in [1.54, 1.807) is 0 Å². The number of aromatic amines is 1. The first-order chi connectivity index (χ1) is 9.33. The number of ether oxygens (including phenoxy) is 2. The predicted molar refractivity (Wildman–Crippen MR) is 72.9 cm³/mol. The lowest BCUT2D eigenvalue weighted by Crippen LogP contribution is -2.26. The molecule has 0 spiro atoms. The van der Waals surface area contributed by atoms with E-state index in [2.05, 4.69) is 10.2 Å². The van der Waals surface area contributed by atoms with E-state index in [0.717, 1.165) is 43.1 Å². The molecular weight excluding hydrogens is 242 g/mol. The number of hydrogen-bond donors (Lipinski definition) is 2. The van der Waals surface area contributed by atoms with E-state index in [1.165, 1.54) is 0 Å². The van der Waals surface area contributed by atoms with Gasteiger partial charge in [-0.25, -0.2) is 0 Å². The molecule has 19 heavy (non-hydrogen) atoms. The molecule has 0 saturated carbocycles. The summed E-state index contributed by atoms with van der Waals surface area (Å²) in [6.07, 6.45) is 2.08. The van der Waals surface area contributed by atoms with Crippen molar-refractivity contribution < 1.29 is 9.47 Å². The van der Waals surface area contributed by atoms with E-state index < -0.39 is 0 Å². The fourth-order valence-corrected chi connectivity index (χ4v) is 2.24. The summed E-state index contributed by atoms with van der Waals surface area (Å²) in [5, 5.41) is 6.88. The second kappa shape index (κ2) is 5.32. The summed E-state index contributed by atoms with van der Waals surface area (Å²) >= 11 is 0. The minimum Gasteiger partial charge on any atom is -0.490 e. The third kappa shape index (κ3) is 2.71. The molecule has 0 unspecified atom stereocenters. The van der Waals surface area contributed by atoms with E-state index in [1.807, 2.05) is 30.3 Å². The highest BCUT2D eigenvalue weighted by molar-refractivity contribution is 5.68. The highest BCUT2D eigenvalue weighted by Gasteiger charge is 2.17. The lowest BCUT2D eigenvalue weighted by atomic mass is 10.1. The summed E-state index contributed by atoms with van der Waals surface area (Å²) in [6.45, 7) is 1.54. The third-order valence-corrected chi connectivity index (χ3v) is 3.24. The summed E-state index contributed by atoms with van der Waals surface area (Å²) in [5.41, 5.74) is 7.51. The molecule has 1 aromatic heterocycles. The zero-order valence-electron chi connectivity index (χ0n) is 10.6. The van der Waals surface area contributed by atoms with Crippen LogP contribution in [0, 0.1) is 0 Å². The normalized spacial score (nSPS) is 16.4. The zero-order chi connectivity index (χ0) is 13.1. The van der Waals surface area contributed by atoms with Gasteiger partial charge >= 0.3 is 0 Å². The Labute approximate surface area is 111 Å². The molecule has 1 aliphatic rings. The van der Waals surface area contributed by atoms with Crippen LogP contribution in [0.2, 0.25) is 0 Å². The molecule has 1 saturated heterocycles. The Kier molecular flexibility index (Phi) is 3.37. The average Bonchev–Trinajstić information content (AvgIpc) is 2.87. The van der Waals surface area contributed by atoms with Gasteiger partial charge in [-0.2, -0.15) is 5.10 Å². The Morgan fingerprint density at radius 3 is 2.79 bits per heavy atom. The first-order valence-electron chi connectivity index (χ1n) is 6.47. The molecular formula is C14H17N3O2. The van der Waals surface area contributed by atoms with Crippen LogP contribution in [0.15, 0.2) is 30.3 Å². The number of nitrogens with one attached hydrogen (secondary N) is 1. The van der Waals surface area contributed by atoms with Crippen LogP contribution in [0.3, 0.4) is 0 Å². The molecule has 0 radical (unpaired) electrons. The van der Waals surface area contributed by atoms with Crippen LogP contribution in [0.4, 0.5) is 5.82 Å². The van der Waals surface area contributed by atoms with Gasteiger partial charge in [0.15, 0.2) is 0 Å². The molecule has 1 aromatic carbocycles. The minimum atomic E-state index is 0.218. The number of rotatable bonds is 3. The van der Waals surface area contributed by atoms with E-state index in [-0.39, 0.29) is 6.10 Å². The first-order valence-corrected chi connectivity index (χ1v) is 6.47. The van der Waals surface area contributed by atoms with Gasteiger partial charge in [0.2, 0.25) is 0 Å². The highest BCUT2D eigenvalue weighted by atomic mass is 16.5. The maximum Gasteiger partial charge on any atom is 0.145 e. The Hall–Kier alpha value is -2.01. The van der Waals surface area contributed by atoms with Gasteiger partial charge in [0.25, 0.3) is 0 Å². The Morgan fingerprint density at radius 2 is 2.05 bits per heavy atom. The molecule has 0 aliphatic carbocycles. The van der Waals surface area contributed by atoms with Gasteiger partial charge in [-0.3, -0.25) is 5.10 Å². The topological polar surface area (TPSA) is 73.2 Å². The number of nitrogens with two attached hydrogens (primary N) is 1. The van der Waals surface area contributed by atoms with Crippen LogP contribution in [0.25, 0.3) is 11.3 Å². The third-order valence-electron chi connectivity index (χ3n) is 3.24. The van der Waals surface area contributed by atoms with Crippen LogP contribution in [-0.2, 0) is 4.74 Å². The van der Waals surface area contributed by atoms with E-state index in [0.29, 0.717) is 5.82 Å². The van der Waals surface area contributed by atoms with E-state index >= 15 is 0 Å². The molecule has 0 bridgehead atoms. The number of para-hydroxylation sites is 1. The van der Waals surface area contributed by atoms with E-state index in [4.69, 9.17) is 15.2 Å². The first kappa shape index (κ1) is 12.0. The second-order valence-corrected chi connectivity index (χ2v) is 4.63. The van der Waals surface area contributed by atoms with Gasteiger partial charge in [0.05, 0.1) is 18.9 Å². The summed E-state index contributed by atoms with van der Waals surface area (Å²) in [7, 11) is 0. The number of anilines is 1. The van der Waals surface area contributed by atoms with Crippen molar-refractivity contribution in [3.8, 4) is 17.0 Å². The summed E-state index contributed by atoms with van der Waals surface area (Å²) in [4.78, 5) is 0. The molecule has 5 nitrogen and oxygen atoms in total. The standard InChI is InChI=1S/C14H17N3O2/c15-14-9-12(16-17-14)11-3-1-2-4-13(11)19-10-5-7-18-8-6-10/h1-4,9-10H,5-8H2,(H3,15,16,17). The van der Waals surface area contributed by atoms with Crippen molar-refractivity contribution in [1.29, 1.82) is 0 Å². The van der Waals surface area contributed by atoms with Gasteiger partial charge in [-0.1, -0.05) is 12.1 Å². The van der Waals surface area contributed by atoms with Gasteiger partial charge in [0.1, 0.15) is 17.7 Å². The van der Waals surface area contributed by atoms with Crippen LogP contribution in [-0.4, -0.2) is 29.5 Å². The summed E-state index contributed by atoms with van der Waals surface area (Å²) < 4.78 is 11.4. The molecule has 2 aromatic rings. The molecule has 3 N–H and O–H groups in total. The smallest absolute Gasteiger partial charge is 0.145 e. The van der Waals surface area contributed by atoms with Crippen molar-refractivity contribution in [3.63, 3.8) is 0 Å². The SMILES string of the molecule is Nc1cc(-c2ccccc2OC2CCOCC2)[nH]n1. The Balaban J connectivity index is 1.84. The molecule has 1 fully saturated rings. The number of hydrogen-bond acceptors (Lipinski definition) is 4. The number of aromatic nitrogens is 2. The van der Waals surface area contributed by atoms with Gasteiger partial charge in [-0.05, 0) is 12.1 Å².